The van der Waals surface area contributed by atoms with Crippen molar-refractivity contribution in [3.63, 3.8) is 0 Å². The van der Waals surface area contributed by atoms with Crippen LogP contribution in [0, 0.1) is 11.8 Å². The van der Waals surface area contributed by atoms with Crippen molar-refractivity contribution in [1.29, 1.82) is 0 Å². The van der Waals surface area contributed by atoms with Crippen LogP contribution < -0.4 is 0 Å². The maximum absolute atomic E-state index is 4.52. The van der Waals surface area contributed by atoms with E-state index < -0.39 is 0 Å². The van der Waals surface area contributed by atoms with Crippen LogP contribution in [0.4, 0.5) is 0 Å². The Morgan fingerprint density at radius 1 is 0.969 bits per heavy atom. The van der Waals surface area contributed by atoms with Crippen LogP contribution in [0.3, 0.4) is 0 Å². The third-order valence-electron chi connectivity index (χ3n) is 7.72. The van der Waals surface area contributed by atoms with Gasteiger partial charge in [0.25, 0.3) is 0 Å². The minimum atomic E-state index is 0.619. The fraction of sp³-hybridized carbons (Fsp3) is 0.375. The zero-order valence-electron chi connectivity index (χ0n) is 19.9. The number of hydrogen-bond acceptors (Lipinski definition) is 0. The molecule has 0 heterocycles. The van der Waals surface area contributed by atoms with Gasteiger partial charge in [-0.3, -0.25) is 0 Å². The number of hydrogen-bond donors (Lipinski definition) is 0. The predicted octanol–water partition coefficient (Wildman–Crippen LogP) is 8.77. The molecule has 0 nitrogen and oxygen atoms in total. The molecule has 0 heteroatoms. The zero-order valence-corrected chi connectivity index (χ0v) is 19.9. The molecule has 1 saturated carbocycles. The third kappa shape index (κ3) is 5.23. The standard InChI is InChI=1S/C32H38/c1-5-30-31(19-14-25(4)32(30)22-29-13-9-10-24(29)3)28-17-15-27(16-18-28)21-23(2)20-26-11-7-6-8-12-26/h6-12,15-18,30-32H,2,4-5,13-14,19-22H2,1,3H3/t30-,31-,32?/m1/s1. The number of benzene rings is 2. The van der Waals surface area contributed by atoms with Crippen molar-refractivity contribution in [1.82, 2.24) is 0 Å². The van der Waals surface area contributed by atoms with Crippen molar-refractivity contribution in [2.24, 2.45) is 11.8 Å². The lowest BCUT2D eigenvalue weighted by Gasteiger charge is -2.40. The Morgan fingerprint density at radius 2 is 1.66 bits per heavy atom. The Hall–Kier alpha value is -2.60. The highest BCUT2D eigenvalue weighted by Crippen LogP contribution is 2.48. The summed E-state index contributed by atoms with van der Waals surface area (Å²) in [7, 11) is 0. The molecule has 2 aliphatic carbocycles. The molecule has 3 atom stereocenters. The van der Waals surface area contributed by atoms with E-state index in [1.165, 1.54) is 59.1 Å². The van der Waals surface area contributed by atoms with Gasteiger partial charge in [-0.05, 0) is 79.9 Å². The molecule has 0 amide bonds. The van der Waals surface area contributed by atoms with Crippen LogP contribution in [0.1, 0.15) is 68.6 Å². The normalized spacial score (nSPS) is 23.1. The molecule has 0 spiro atoms. The molecular weight excluding hydrogens is 384 g/mol. The molecule has 0 N–H and O–H groups in total. The highest BCUT2D eigenvalue weighted by atomic mass is 14.4. The van der Waals surface area contributed by atoms with Gasteiger partial charge in [0.15, 0.2) is 0 Å². The summed E-state index contributed by atoms with van der Waals surface area (Å²) in [6.07, 6.45) is 12.5. The van der Waals surface area contributed by atoms with Crippen LogP contribution in [0.5, 0.6) is 0 Å². The third-order valence-corrected chi connectivity index (χ3v) is 7.72. The molecular formula is C32H38. The van der Waals surface area contributed by atoms with Crippen LogP contribution in [0.2, 0.25) is 0 Å². The minimum Gasteiger partial charge on any atom is -0.0996 e. The van der Waals surface area contributed by atoms with Crippen LogP contribution in [0.15, 0.2) is 102 Å². The van der Waals surface area contributed by atoms with Gasteiger partial charge in [0.2, 0.25) is 0 Å². The molecule has 4 rings (SSSR count). The quantitative estimate of drug-likeness (QED) is 0.373. The average Bonchev–Trinajstić information content (AvgIpc) is 3.20. The molecule has 1 unspecified atom stereocenters. The largest absolute Gasteiger partial charge is 0.0996 e. The maximum atomic E-state index is 4.52. The van der Waals surface area contributed by atoms with Gasteiger partial charge in [0.1, 0.15) is 0 Å². The summed E-state index contributed by atoms with van der Waals surface area (Å²) >= 11 is 0. The molecule has 2 aromatic rings. The van der Waals surface area contributed by atoms with Gasteiger partial charge in [-0.2, -0.15) is 0 Å². The Labute approximate surface area is 195 Å². The Morgan fingerprint density at radius 3 is 2.28 bits per heavy atom. The summed E-state index contributed by atoms with van der Waals surface area (Å²) in [5.41, 5.74) is 10.1. The summed E-state index contributed by atoms with van der Waals surface area (Å²) in [5, 5.41) is 0. The summed E-state index contributed by atoms with van der Waals surface area (Å²) in [6, 6.07) is 20.1. The Kier molecular flexibility index (Phi) is 7.30. The van der Waals surface area contributed by atoms with Crippen LogP contribution in [-0.2, 0) is 12.8 Å². The summed E-state index contributed by atoms with van der Waals surface area (Å²) in [5.74, 6) is 1.96. The van der Waals surface area contributed by atoms with E-state index in [1.54, 1.807) is 5.57 Å². The van der Waals surface area contributed by atoms with Gasteiger partial charge in [0, 0.05) is 0 Å². The number of allylic oxidation sites excluding steroid dienone is 6. The van der Waals surface area contributed by atoms with E-state index in [2.05, 4.69) is 93.8 Å². The second-order valence-electron chi connectivity index (χ2n) is 9.91. The second kappa shape index (κ2) is 10.3. The fourth-order valence-corrected chi connectivity index (χ4v) is 5.89. The summed E-state index contributed by atoms with van der Waals surface area (Å²) < 4.78 is 0. The highest BCUT2D eigenvalue weighted by Gasteiger charge is 2.35. The predicted molar refractivity (Wildman–Crippen MR) is 139 cm³/mol. The summed E-state index contributed by atoms with van der Waals surface area (Å²) in [6.45, 7) is 13.5. The van der Waals surface area contributed by atoms with Gasteiger partial charge in [-0.25, -0.2) is 0 Å². The van der Waals surface area contributed by atoms with Gasteiger partial charge < -0.3 is 0 Å². The minimum absolute atomic E-state index is 0.619. The Balaban J connectivity index is 1.43. The monoisotopic (exact) mass is 422 g/mol. The molecule has 0 aromatic heterocycles. The lowest BCUT2D eigenvalue weighted by Crippen LogP contribution is -2.28. The van der Waals surface area contributed by atoms with Crippen LogP contribution in [0.25, 0.3) is 0 Å². The average molecular weight is 423 g/mol. The lowest BCUT2D eigenvalue weighted by atomic mass is 9.64. The van der Waals surface area contributed by atoms with Gasteiger partial charge in [0.05, 0.1) is 0 Å². The molecule has 0 bridgehead atoms. The first kappa shape index (κ1) is 22.6. The SMILES string of the molecule is C=C(Cc1ccccc1)Cc1ccc([C@H]2CCC(=C)C(CC3=C(C)C=CC3)[C@@H]2CC)cc1. The molecule has 32 heavy (non-hydrogen) atoms. The smallest absolute Gasteiger partial charge is 0.00665 e. The lowest BCUT2D eigenvalue weighted by molar-refractivity contribution is 0.251. The first-order valence-corrected chi connectivity index (χ1v) is 12.4. The molecule has 2 aromatic carbocycles. The van der Waals surface area contributed by atoms with E-state index in [4.69, 9.17) is 0 Å². The topological polar surface area (TPSA) is 0 Å². The van der Waals surface area contributed by atoms with Crippen molar-refractivity contribution in [2.75, 3.05) is 0 Å². The van der Waals surface area contributed by atoms with Crippen LogP contribution >= 0.6 is 0 Å². The maximum Gasteiger partial charge on any atom is -0.00665 e. The van der Waals surface area contributed by atoms with E-state index in [1.807, 2.05) is 0 Å². The van der Waals surface area contributed by atoms with Gasteiger partial charge in [-0.1, -0.05) is 116 Å². The van der Waals surface area contributed by atoms with E-state index in [9.17, 15) is 0 Å². The molecule has 2 aliphatic rings. The second-order valence-corrected chi connectivity index (χ2v) is 9.91. The van der Waals surface area contributed by atoms with Gasteiger partial charge >= 0.3 is 0 Å². The summed E-state index contributed by atoms with van der Waals surface area (Å²) in [4.78, 5) is 0. The van der Waals surface area contributed by atoms with E-state index in [-0.39, 0.29) is 0 Å². The van der Waals surface area contributed by atoms with Crippen molar-refractivity contribution >= 4 is 0 Å². The zero-order chi connectivity index (χ0) is 22.5. The molecule has 0 radical (unpaired) electrons. The first-order chi connectivity index (χ1) is 15.5. The molecule has 0 aliphatic heterocycles. The van der Waals surface area contributed by atoms with E-state index in [0.717, 1.165) is 19.3 Å². The molecule has 0 saturated heterocycles. The van der Waals surface area contributed by atoms with Crippen molar-refractivity contribution in [3.8, 4) is 0 Å². The van der Waals surface area contributed by atoms with Crippen molar-refractivity contribution < 1.29 is 0 Å². The van der Waals surface area contributed by atoms with E-state index in [0.29, 0.717) is 17.8 Å². The van der Waals surface area contributed by atoms with Crippen molar-refractivity contribution in [2.45, 2.75) is 64.7 Å². The Bertz CT molecular complexity index is 1000. The van der Waals surface area contributed by atoms with Crippen molar-refractivity contribution in [3.05, 3.63) is 119 Å². The first-order valence-electron chi connectivity index (χ1n) is 12.4. The highest BCUT2D eigenvalue weighted by molar-refractivity contribution is 5.35. The molecule has 1 fully saturated rings. The number of rotatable bonds is 8. The van der Waals surface area contributed by atoms with Crippen LogP contribution in [-0.4, -0.2) is 0 Å². The van der Waals surface area contributed by atoms with Gasteiger partial charge in [-0.15, -0.1) is 0 Å². The fourth-order valence-electron chi connectivity index (χ4n) is 5.89. The molecule has 166 valence electrons. The van der Waals surface area contributed by atoms with E-state index >= 15 is 0 Å².